The summed E-state index contributed by atoms with van der Waals surface area (Å²) >= 11 is 10.1. The van der Waals surface area contributed by atoms with Crippen molar-refractivity contribution in [2.24, 2.45) is 0 Å². The Hall–Kier alpha value is -0.710. The molecule has 0 aliphatic heterocycles. The summed E-state index contributed by atoms with van der Waals surface area (Å²) in [5, 5.41) is 1.69. The van der Waals surface area contributed by atoms with Gasteiger partial charge in [-0.25, -0.2) is 0 Å². The summed E-state index contributed by atoms with van der Waals surface area (Å²) in [6, 6.07) is 3.58. The van der Waals surface area contributed by atoms with Crippen LogP contribution in [0.2, 0.25) is 0 Å². The molecule has 0 saturated heterocycles. The molecule has 9 heteroatoms. The molecule has 0 aliphatic carbocycles. The topological polar surface area (TPSA) is 46.2 Å². The number of amides is 1. The molecular formula is C8H5Cl2F3NO2P. The monoisotopic (exact) mass is 305 g/mol. The summed E-state index contributed by atoms with van der Waals surface area (Å²) in [5.41, 5.74) is -1.33. The molecule has 1 rings (SSSR count). The first-order valence-electron chi connectivity index (χ1n) is 4.09. The van der Waals surface area contributed by atoms with Crippen molar-refractivity contribution in [1.29, 1.82) is 0 Å². The molecule has 0 radical (unpaired) electrons. The van der Waals surface area contributed by atoms with Gasteiger partial charge in [0.15, 0.2) is 0 Å². The van der Waals surface area contributed by atoms with Crippen molar-refractivity contribution in [3.8, 4) is 0 Å². The summed E-state index contributed by atoms with van der Waals surface area (Å²) in [7, 11) is 0. The third kappa shape index (κ3) is 4.58. The summed E-state index contributed by atoms with van der Waals surface area (Å²) in [4.78, 5) is 11.3. The van der Waals surface area contributed by atoms with Crippen LogP contribution < -0.4 is 5.09 Å². The molecule has 1 amide bonds. The third-order valence-electron chi connectivity index (χ3n) is 1.68. The molecule has 1 aromatic rings. The van der Waals surface area contributed by atoms with Gasteiger partial charge in [0.1, 0.15) is 0 Å². The van der Waals surface area contributed by atoms with Crippen molar-refractivity contribution in [1.82, 2.24) is 5.09 Å². The molecular weight excluding hydrogens is 301 g/mol. The zero-order chi connectivity index (χ0) is 13.3. The van der Waals surface area contributed by atoms with Gasteiger partial charge < -0.3 is 0 Å². The number of hydrogen-bond acceptors (Lipinski definition) is 2. The molecule has 0 heterocycles. The second kappa shape index (κ2) is 4.88. The van der Waals surface area contributed by atoms with Crippen LogP contribution in [-0.4, -0.2) is 5.91 Å². The fraction of sp³-hybridized carbons (Fsp3) is 0.125. The van der Waals surface area contributed by atoms with Crippen LogP contribution in [0.3, 0.4) is 0 Å². The summed E-state index contributed by atoms with van der Waals surface area (Å²) in [6.45, 7) is 0. The predicted octanol–water partition coefficient (Wildman–Crippen LogP) is 4.02. The zero-order valence-electron chi connectivity index (χ0n) is 7.96. The van der Waals surface area contributed by atoms with E-state index < -0.39 is 23.6 Å². The molecule has 0 spiro atoms. The second-order valence-electron chi connectivity index (χ2n) is 2.98. The lowest BCUT2D eigenvalue weighted by Crippen LogP contribution is -2.17. The number of benzene rings is 1. The Bertz CT molecular complexity index is 486. The zero-order valence-corrected chi connectivity index (χ0v) is 10.4. The minimum absolute atomic E-state index is 0.332. The van der Waals surface area contributed by atoms with E-state index in [1.807, 2.05) is 0 Å². The Morgan fingerprint density at radius 2 is 1.88 bits per heavy atom. The van der Waals surface area contributed by atoms with Crippen LogP contribution in [0.5, 0.6) is 0 Å². The third-order valence-corrected chi connectivity index (χ3v) is 2.65. The molecule has 0 aliphatic rings. The smallest absolute Gasteiger partial charge is 0.279 e. The van der Waals surface area contributed by atoms with Crippen molar-refractivity contribution in [3.63, 3.8) is 0 Å². The number of carbonyl (C=O) groups excluding carboxylic acids is 1. The van der Waals surface area contributed by atoms with Gasteiger partial charge in [0.05, 0.1) is 5.56 Å². The van der Waals surface area contributed by atoms with Gasteiger partial charge in [-0.1, -0.05) is 6.07 Å². The predicted molar refractivity (Wildman–Crippen MR) is 58.2 cm³/mol. The van der Waals surface area contributed by atoms with Crippen LogP contribution in [0.25, 0.3) is 0 Å². The summed E-state index contributed by atoms with van der Waals surface area (Å²) in [5.74, 6) is -4.92. The number of hydrogen-bond donors (Lipinski definition) is 1. The minimum Gasteiger partial charge on any atom is -0.279 e. The largest absolute Gasteiger partial charge is 0.416 e. The molecule has 0 fully saturated rings. The Balaban J connectivity index is 3.01. The minimum atomic E-state index is -4.57. The van der Waals surface area contributed by atoms with Crippen LogP contribution in [-0.2, 0) is 10.7 Å². The maximum absolute atomic E-state index is 12.3. The molecule has 1 aromatic carbocycles. The number of carbonyl (C=O) groups is 1. The van der Waals surface area contributed by atoms with Crippen molar-refractivity contribution < 1.29 is 22.5 Å². The first kappa shape index (κ1) is 14.4. The molecule has 0 aromatic heterocycles. The van der Waals surface area contributed by atoms with Crippen LogP contribution in [0.15, 0.2) is 24.3 Å². The number of halogens is 5. The fourth-order valence-electron chi connectivity index (χ4n) is 1.02. The fourth-order valence-corrected chi connectivity index (χ4v) is 1.85. The molecule has 0 bridgehead atoms. The molecule has 0 unspecified atom stereocenters. The van der Waals surface area contributed by atoms with Gasteiger partial charge in [0, 0.05) is 5.56 Å². The normalized spacial score (nSPS) is 12.3. The lowest BCUT2D eigenvalue weighted by atomic mass is 10.1. The average molecular weight is 306 g/mol. The van der Waals surface area contributed by atoms with E-state index in [1.165, 1.54) is 0 Å². The van der Waals surface area contributed by atoms with E-state index in [4.69, 9.17) is 22.5 Å². The SMILES string of the molecule is O=C(NP(=O)(Cl)Cl)c1cccc(C(F)(F)F)c1. The van der Waals surface area contributed by atoms with Crippen molar-refractivity contribution in [2.75, 3.05) is 0 Å². The van der Waals surface area contributed by atoms with E-state index in [1.54, 1.807) is 5.09 Å². The van der Waals surface area contributed by atoms with E-state index in [9.17, 15) is 22.5 Å². The number of alkyl halides is 3. The van der Waals surface area contributed by atoms with Gasteiger partial charge in [0.25, 0.3) is 5.91 Å². The highest BCUT2D eigenvalue weighted by molar-refractivity contribution is 8.07. The van der Waals surface area contributed by atoms with Crippen molar-refractivity contribution >= 4 is 34.4 Å². The number of rotatable bonds is 2. The maximum atomic E-state index is 12.3. The van der Waals surface area contributed by atoms with Gasteiger partial charge in [-0.15, -0.1) is 0 Å². The highest BCUT2D eigenvalue weighted by Gasteiger charge is 2.31. The Labute approximate surface area is 104 Å². The summed E-state index contributed by atoms with van der Waals surface area (Å²) in [6.07, 6.45) is -4.57. The Morgan fingerprint density at radius 1 is 1.29 bits per heavy atom. The Kier molecular flexibility index (Phi) is 4.12. The van der Waals surface area contributed by atoms with Crippen molar-refractivity contribution in [2.45, 2.75) is 6.18 Å². The van der Waals surface area contributed by atoms with Crippen molar-refractivity contribution in [3.05, 3.63) is 35.4 Å². The number of nitrogens with one attached hydrogen (secondary N) is 1. The first-order valence-corrected chi connectivity index (χ1v) is 7.60. The quantitative estimate of drug-likeness (QED) is 0.839. The highest BCUT2D eigenvalue weighted by atomic mass is 35.9. The lowest BCUT2D eigenvalue weighted by Gasteiger charge is -2.09. The molecule has 3 nitrogen and oxygen atoms in total. The van der Waals surface area contributed by atoms with Gasteiger partial charge in [0.2, 0.25) is 0 Å². The summed E-state index contributed by atoms with van der Waals surface area (Å²) < 4.78 is 47.8. The maximum Gasteiger partial charge on any atom is 0.416 e. The van der Waals surface area contributed by atoms with Gasteiger partial charge >= 0.3 is 12.2 Å². The van der Waals surface area contributed by atoms with E-state index in [2.05, 4.69) is 0 Å². The molecule has 94 valence electrons. The van der Waals surface area contributed by atoms with Crippen LogP contribution in [0.4, 0.5) is 13.2 Å². The lowest BCUT2D eigenvalue weighted by molar-refractivity contribution is -0.137. The van der Waals surface area contributed by atoms with Crippen LogP contribution in [0.1, 0.15) is 15.9 Å². The van der Waals surface area contributed by atoms with Gasteiger partial charge in [-0.3, -0.25) is 14.4 Å². The van der Waals surface area contributed by atoms with E-state index >= 15 is 0 Å². The molecule has 1 N–H and O–H groups in total. The first-order chi connectivity index (χ1) is 7.59. The van der Waals surface area contributed by atoms with E-state index in [0.717, 1.165) is 18.2 Å². The molecule has 0 atom stereocenters. The van der Waals surface area contributed by atoms with Crippen LogP contribution in [0, 0.1) is 0 Å². The van der Waals surface area contributed by atoms with Crippen LogP contribution >= 0.6 is 28.5 Å². The molecule has 17 heavy (non-hydrogen) atoms. The molecule has 0 saturated carbocycles. The Morgan fingerprint density at radius 3 is 2.35 bits per heavy atom. The average Bonchev–Trinajstić information content (AvgIpc) is 2.14. The highest BCUT2D eigenvalue weighted by Crippen LogP contribution is 2.52. The second-order valence-corrected chi connectivity index (χ2v) is 7.51. The van der Waals surface area contributed by atoms with Gasteiger partial charge in [-0.05, 0) is 40.7 Å². The standard InChI is InChI=1S/C8H5Cl2F3NO2P/c9-17(10,16)14-7(15)5-2-1-3-6(4-5)8(11,12)13/h1-4H,(H,14,15,16). The van der Waals surface area contributed by atoms with E-state index in [0.29, 0.717) is 6.07 Å². The van der Waals surface area contributed by atoms with Gasteiger partial charge in [-0.2, -0.15) is 13.2 Å². The van der Waals surface area contributed by atoms with E-state index in [-0.39, 0.29) is 5.56 Å².